The Morgan fingerprint density at radius 1 is 0.812 bits per heavy atom. The van der Waals surface area contributed by atoms with Crippen LogP contribution >= 0.6 is 0 Å². The van der Waals surface area contributed by atoms with E-state index in [9.17, 15) is 4.79 Å². The second-order valence-corrected chi connectivity index (χ2v) is 11.6. The Morgan fingerprint density at radius 2 is 1.44 bits per heavy atom. The average Bonchev–Trinajstić information content (AvgIpc) is 3.04. The molecule has 32 heavy (non-hydrogen) atoms. The predicted octanol–water partition coefficient (Wildman–Crippen LogP) is 8.24. The fourth-order valence-corrected chi connectivity index (χ4v) is 4.56. The molecule has 0 radical (unpaired) electrons. The smallest absolute Gasteiger partial charge is 0.323 e. The highest BCUT2D eigenvalue weighted by Gasteiger charge is 2.39. The van der Waals surface area contributed by atoms with Gasteiger partial charge in [0.05, 0.1) is 0 Å². The lowest BCUT2D eigenvalue weighted by atomic mass is 9.77. The van der Waals surface area contributed by atoms with Crippen molar-refractivity contribution < 1.29 is 9.53 Å². The van der Waals surface area contributed by atoms with Crippen molar-refractivity contribution in [2.45, 2.75) is 110 Å². The van der Waals surface area contributed by atoms with Crippen LogP contribution < -0.4 is 4.74 Å². The quantitative estimate of drug-likeness (QED) is 0.237. The Bertz CT molecular complexity index is 923. The van der Waals surface area contributed by atoms with Crippen molar-refractivity contribution in [3.8, 4) is 5.75 Å². The van der Waals surface area contributed by atoms with Crippen molar-refractivity contribution in [3.05, 3.63) is 64.2 Å². The zero-order valence-corrected chi connectivity index (χ0v) is 21.3. The van der Waals surface area contributed by atoms with Crippen LogP contribution in [0.5, 0.6) is 5.75 Å². The largest absolute Gasteiger partial charge is 0.425 e. The van der Waals surface area contributed by atoms with E-state index in [1.54, 1.807) is 0 Å². The monoisotopic (exact) mass is 434 g/mol. The number of ether oxygens (including phenoxy) is 1. The zero-order chi connectivity index (χ0) is 23.5. The molecule has 3 rings (SSSR count). The molecule has 0 saturated heterocycles. The zero-order valence-electron chi connectivity index (χ0n) is 21.3. The summed E-state index contributed by atoms with van der Waals surface area (Å²) in [6.45, 7) is 15.5. The number of carbonyl (C=O) groups excluding carboxylic acids is 1. The summed E-state index contributed by atoms with van der Waals surface area (Å²) in [4.78, 5) is 13.0. The summed E-state index contributed by atoms with van der Waals surface area (Å²) in [5.41, 5.74) is 5.70. The highest BCUT2D eigenvalue weighted by Crippen LogP contribution is 2.47. The molecule has 1 aliphatic heterocycles. The maximum Gasteiger partial charge on any atom is 0.323 e. The summed E-state index contributed by atoms with van der Waals surface area (Å²) in [6.07, 6.45) is 8.98. The van der Waals surface area contributed by atoms with Crippen molar-refractivity contribution in [2.24, 2.45) is 0 Å². The van der Waals surface area contributed by atoms with E-state index in [0.717, 1.165) is 28.9 Å². The second-order valence-electron chi connectivity index (χ2n) is 11.6. The van der Waals surface area contributed by atoms with Gasteiger partial charge in [0.25, 0.3) is 0 Å². The third-order valence-electron chi connectivity index (χ3n) is 6.67. The van der Waals surface area contributed by atoms with Crippen molar-refractivity contribution in [2.75, 3.05) is 0 Å². The van der Waals surface area contributed by atoms with Gasteiger partial charge in [0.15, 0.2) is 0 Å². The van der Waals surface area contributed by atoms with E-state index in [-0.39, 0.29) is 22.7 Å². The topological polar surface area (TPSA) is 26.3 Å². The van der Waals surface area contributed by atoms with Crippen LogP contribution in [0.3, 0.4) is 0 Å². The van der Waals surface area contributed by atoms with E-state index in [4.69, 9.17) is 4.74 Å². The van der Waals surface area contributed by atoms with E-state index in [0.29, 0.717) is 0 Å². The summed E-state index contributed by atoms with van der Waals surface area (Å²) in [6, 6.07) is 13.1. The predicted molar refractivity (Wildman–Crippen MR) is 135 cm³/mol. The van der Waals surface area contributed by atoms with Gasteiger partial charge in [-0.05, 0) is 40.4 Å². The lowest BCUT2D eigenvalue weighted by molar-refractivity contribution is -0.133. The highest BCUT2D eigenvalue weighted by atomic mass is 16.5. The van der Waals surface area contributed by atoms with Crippen LogP contribution in [0.1, 0.15) is 121 Å². The molecule has 174 valence electrons. The van der Waals surface area contributed by atoms with Gasteiger partial charge < -0.3 is 4.74 Å². The molecular weight excluding hydrogens is 392 g/mol. The first-order valence-corrected chi connectivity index (χ1v) is 12.5. The lowest BCUT2D eigenvalue weighted by Crippen LogP contribution is -2.17. The normalized spacial score (nSPS) is 16.2. The Hall–Kier alpha value is -2.09. The minimum atomic E-state index is -0.337. The molecule has 0 spiro atoms. The van der Waals surface area contributed by atoms with Gasteiger partial charge in [-0.1, -0.05) is 117 Å². The molecule has 0 aromatic heterocycles. The SMILES string of the molecule is CCCCCCCCc1ccc(C2C(=O)Oc3c2cc(C(C)(C)C)cc3C(C)(C)C)cc1. The third kappa shape index (κ3) is 5.63. The molecule has 0 amide bonds. The molecule has 2 aromatic rings. The molecular formula is C30H42O2. The number of unbranched alkanes of at least 4 members (excludes halogenated alkanes) is 5. The molecule has 2 heteroatoms. The van der Waals surface area contributed by atoms with Gasteiger partial charge in [-0.15, -0.1) is 0 Å². The molecule has 1 aliphatic rings. The number of carbonyl (C=O) groups is 1. The van der Waals surface area contributed by atoms with Gasteiger partial charge in [-0.2, -0.15) is 0 Å². The summed E-state index contributed by atoms with van der Waals surface area (Å²) in [5.74, 6) is 0.286. The fraction of sp³-hybridized carbons (Fsp3) is 0.567. The second kappa shape index (κ2) is 9.81. The van der Waals surface area contributed by atoms with Gasteiger partial charge in [0, 0.05) is 11.1 Å². The maximum absolute atomic E-state index is 13.0. The number of rotatable bonds is 8. The van der Waals surface area contributed by atoms with Crippen LogP contribution in [0.2, 0.25) is 0 Å². The molecule has 1 unspecified atom stereocenters. The molecule has 2 aromatic carbocycles. The molecule has 0 N–H and O–H groups in total. The van der Waals surface area contributed by atoms with Crippen molar-refractivity contribution in [1.29, 1.82) is 0 Å². The number of esters is 1. The van der Waals surface area contributed by atoms with Crippen molar-refractivity contribution in [3.63, 3.8) is 0 Å². The van der Waals surface area contributed by atoms with Crippen LogP contribution in [0, 0.1) is 0 Å². The Balaban J connectivity index is 1.84. The summed E-state index contributed by atoms with van der Waals surface area (Å²) in [5, 5.41) is 0. The number of aryl methyl sites for hydroxylation is 1. The summed E-state index contributed by atoms with van der Waals surface area (Å²) in [7, 11) is 0. The molecule has 1 heterocycles. The molecule has 0 aliphatic carbocycles. The van der Waals surface area contributed by atoms with Gasteiger partial charge in [-0.3, -0.25) is 4.79 Å². The standard InChI is InChI=1S/C30H42O2/c1-8-9-10-11-12-13-14-21-15-17-22(18-16-21)26-24-19-23(29(2,3)4)20-25(30(5,6)7)27(24)32-28(26)31/h15-20,26H,8-14H2,1-7H3. The first-order valence-electron chi connectivity index (χ1n) is 12.5. The first kappa shape index (κ1) is 24.6. The average molecular weight is 435 g/mol. The van der Waals surface area contributed by atoms with E-state index in [2.05, 4.69) is 84.9 Å². The maximum atomic E-state index is 13.0. The van der Waals surface area contributed by atoms with E-state index in [1.807, 2.05) is 0 Å². The Morgan fingerprint density at radius 3 is 2.03 bits per heavy atom. The Kier molecular flexibility index (Phi) is 7.53. The number of fused-ring (bicyclic) bond motifs is 1. The Labute approximate surface area is 195 Å². The van der Waals surface area contributed by atoms with E-state index < -0.39 is 0 Å². The third-order valence-corrected chi connectivity index (χ3v) is 6.67. The van der Waals surface area contributed by atoms with Gasteiger partial charge in [-0.25, -0.2) is 0 Å². The lowest BCUT2D eigenvalue weighted by Gasteiger charge is -2.27. The van der Waals surface area contributed by atoms with Crippen LogP contribution in [0.15, 0.2) is 36.4 Å². The molecule has 2 nitrogen and oxygen atoms in total. The first-order chi connectivity index (χ1) is 15.0. The van der Waals surface area contributed by atoms with Gasteiger partial charge in [0.1, 0.15) is 11.7 Å². The van der Waals surface area contributed by atoms with E-state index in [1.165, 1.54) is 49.7 Å². The van der Waals surface area contributed by atoms with Crippen molar-refractivity contribution >= 4 is 5.97 Å². The minimum absolute atomic E-state index is 0.00615. The molecule has 0 fully saturated rings. The van der Waals surface area contributed by atoms with Crippen LogP contribution in [-0.4, -0.2) is 5.97 Å². The van der Waals surface area contributed by atoms with Crippen molar-refractivity contribution in [1.82, 2.24) is 0 Å². The van der Waals surface area contributed by atoms with Gasteiger partial charge in [0.2, 0.25) is 0 Å². The summed E-state index contributed by atoms with van der Waals surface area (Å²) >= 11 is 0. The number of hydrogen-bond acceptors (Lipinski definition) is 2. The highest BCUT2D eigenvalue weighted by molar-refractivity contribution is 5.90. The van der Waals surface area contributed by atoms with Crippen LogP contribution in [0.4, 0.5) is 0 Å². The van der Waals surface area contributed by atoms with E-state index >= 15 is 0 Å². The van der Waals surface area contributed by atoms with Crippen LogP contribution in [-0.2, 0) is 22.0 Å². The molecule has 1 atom stereocenters. The van der Waals surface area contributed by atoms with Gasteiger partial charge >= 0.3 is 5.97 Å². The van der Waals surface area contributed by atoms with Crippen LogP contribution in [0.25, 0.3) is 0 Å². The molecule has 0 bridgehead atoms. The summed E-state index contributed by atoms with van der Waals surface area (Å²) < 4.78 is 5.90. The minimum Gasteiger partial charge on any atom is -0.425 e. The molecule has 0 saturated carbocycles. The number of hydrogen-bond donors (Lipinski definition) is 0. The number of benzene rings is 2. The fourth-order valence-electron chi connectivity index (χ4n) is 4.56.